The molecular formula is C9H15F3N2. The fourth-order valence-corrected chi connectivity index (χ4v) is 2.08. The summed E-state index contributed by atoms with van der Waals surface area (Å²) in [6.45, 7) is 2.60. The standard InChI is InChI=1S/C9H15F3N2/c10-9(11,12)7-2-4-14(5-7)6-8-1-3-13-8/h7-8,13H,1-6H2. The second-order valence-corrected chi connectivity index (χ2v) is 4.23. The number of nitrogens with one attached hydrogen (secondary N) is 1. The molecule has 14 heavy (non-hydrogen) atoms. The minimum atomic E-state index is -4.00. The van der Waals surface area contributed by atoms with Crippen LogP contribution in [-0.4, -0.2) is 43.3 Å². The molecule has 2 atom stereocenters. The molecule has 0 aromatic heterocycles. The highest BCUT2D eigenvalue weighted by molar-refractivity contribution is 4.86. The van der Waals surface area contributed by atoms with E-state index in [1.807, 2.05) is 4.90 Å². The molecule has 2 nitrogen and oxygen atoms in total. The minimum absolute atomic E-state index is 0.196. The Hall–Kier alpha value is -0.290. The number of alkyl halides is 3. The van der Waals surface area contributed by atoms with E-state index in [4.69, 9.17) is 0 Å². The number of rotatable bonds is 2. The Morgan fingerprint density at radius 2 is 2.00 bits per heavy atom. The average Bonchev–Trinajstić information content (AvgIpc) is 2.43. The highest BCUT2D eigenvalue weighted by atomic mass is 19.4. The molecule has 2 fully saturated rings. The molecule has 0 saturated carbocycles. The van der Waals surface area contributed by atoms with Crippen molar-refractivity contribution in [1.82, 2.24) is 10.2 Å². The third-order valence-electron chi connectivity index (χ3n) is 3.14. The van der Waals surface area contributed by atoms with Gasteiger partial charge in [0.15, 0.2) is 0 Å². The molecule has 0 amide bonds. The van der Waals surface area contributed by atoms with Gasteiger partial charge in [-0.05, 0) is 25.9 Å². The van der Waals surface area contributed by atoms with Gasteiger partial charge in [-0.2, -0.15) is 13.2 Å². The predicted octanol–water partition coefficient (Wildman–Crippen LogP) is 1.23. The smallest absolute Gasteiger partial charge is 0.313 e. The van der Waals surface area contributed by atoms with Crippen molar-refractivity contribution in [2.45, 2.75) is 25.1 Å². The van der Waals surface area contributed by atoms with Crippen LogP contribution in [0.5, 0.6) is 0 Å². The van der Waals surface area contributed by atoms with E-state index in [0.717, 1.165) is 19.5 Å². The maximum atomic E-state index is 12.3. The summed E-state index contributed by atoms with van der Waals surface area (Å²) in [5, 5.41) is 3.20. The van der Waals surface area contributed by atoms with E-state index in [-0.39, 0.29) is 13.0 Å². The zero-order valence-corrected chi connectivity index (χ0v) is 7.98. The van der Waals surface area contributed by atoms with Crippen LogP contribution in [0, 0.1) is 5.92 Å². The van der Waals surface area contributed by atoms with Gasteiger partial charge in [0.05, 0.1) is 5.92 Å². The predicted molar refractivity (Wildman–Crippen MR) is 47.0 cm³/mol. The summed E-state index contributed by atoms with van der Waals surface area (Å²) in [5.41, 5.74) is 0. The van der Waals surface area contributed by atoms with E-state index in [9.17, 15) is 13.2 Å². The first-order valence-corrected chi connectivity index (χ1v) is 5.08. The number of halogens is 3. The SMILES string of the molecule is FC(F)(F)C1CCN(CC2CCN2)C1. The lowest BCUT2D eigenvalue weighted by molar-refractivity contribution is -0.170. The van der Waals surface area contributed by atoms with Crippen LogP contribution in [0.1, 0.15) is 12.8 Å². The molecule has 0 aliphatic carbocycles. The van der Waals surface area contributed by atoms with E-state index in [0.29, 0.717) is 12.6 Å². The van der Waals surface area contributed by atoms with E-state index in [1.54, 1.807) is 0 Å². The summed E-state index contributed by atoms with van der Waals surface area (Å²) in [4.78, 5) is 1.93. The molecule has 1 N–H and O–H groups in total. The number of nitrogens with zero attached hydrogens (tertiary/aromatic N) is 1. The topological polar surface area (TPSA) is 15.3 Å². The number of likely N-dealkylation sites (tertiary alicyclic amines) is 1. The zero-order chi connectivity index (χ0) is 10.2. The Morgan fingerprint density at radius 3 is 2.43 bits per heavy atom. The molecule has 2 heterocycles. The molecule has 0 aromatic rings. The van der Waals surface area contributed by atoms with Crippen LogP contribution in [0.25, 0.3) is 0 Å². The van der Waals surface area contributed by atoms with Gasteiger partial charge in [0.2, 0.25) is 0 Å². The summed E-state index contributed by atoms with van der Waals surface area (Å²) < 4.78 is 37.0. The summed E-state index contributed by atoms with van der Waals surface area (Å²) in [6.07, 6.45) is -2.62. The van der Waals surface area contributed by atoms with Crippen LogP contribution in [0.3, 0.4) is 0 Å². The van der Waals surface area contributed by atoms with Crippen molar-refractivity contribution in [3.63, 3.8) is 0 Å². The van der Waals surface area contributed by atoms with Crippen LogP contribution < -0.4 is 5.32 Å². The average molecular weight is 208 g/mol. The molecule has 0 bridgehead atoms. The molecule has 2 aliphatic heterocycles. The van der Waals surface area contributed by atoms with Crippen molar-refractivity contribution in [3.05, 3.63) is 0 Å². The van der Waals surface area contributed by atoms with Crippen LogP contribution in [0.2, 0.25) is 0 Å². The number of hydrogen-bond donors (Lipinski definition) is 1. The van der Waals surface area contributed by atoms with Crippen molar-refractivity contribution in [2.24, 2.45) is 5.92 Å². The second kappa shape index (κ2) is 3.70. The quantitative estimate of drug-likeness (QED) is 0.734. The van der Waals surface area contributed by atoms with Crippen LogP contribution in [0.15, 0.2) is 0 Å². The largest absolute Gasteiger partial charge is 0.393 e. The summed E-state index contributed by atoms with van der Waals surface area (Å²) in [6, 6.07) is 0.432. The molecule has 0 aromatic carbocycles. The maximum Gasteiger partial charge on any atom is 0.393 e. The highest BCUT2D eigenvalue weighted by Crippen LogP contribution is 2.33. The molecule has 2 unspecified atom stereocenters. The third-order valence-corrected chi connectivity index (χ3v) is 3.14. The molecule has 2 rings (SSSR count). The fourth-order valence-electron chi connectivity index (χ4n) is 2.08. The first-order chi connectivity index (χ1) is 6.55. The summed E-state index contributed by atoms with van der Waals surface area (Å²) in [5.74, 6) is -1.09. The Bertz CT molecular complexity index is 201. The first kappa shape index (κ1) is 10.2. The Morgan fingerprint density at radius 1 is 1.29 bits per heavy atom. The van der Waals surface area contributed by atoms with Gasteiger partial charge >= 0.3 is 6.18 Å². The lowest BCUT2D eigenvalue weighted by atomic mass is 10.1. The van der Waals surface area contributed by atoms with Gasteiger partial charge in [-0.3, -0.25) is 0 Å². The van der Waals surface area contributed by atoms with Gasteiger partial charge in [-0.25, -0.2) is 0 Å². The third kappa shape index (κ3) is 2.20. The van der Waals surface area contributed by atoms with Gasteiger partial charge in [-0.15, -0.1) is 0 Å². The Labute approximate surface area is 81.5 Å². The van der Waals surface area contributed by atoms with Crippen molar-refractivity contribution in [1.29, 1.82) is 0 Å². The van der Waals surface area contributed by atoms with Crippen LogP contribution in [0.4, 0.5) is 13.2 Å². The summed E-state index contributed by atoms with van der Waals surface area (Å²) >= 11 is 0. The lowest BCUT2D eigenvalue weighted by Gasteiger charge is -2.31. The first-order valence-electron chi connectivity index (χ1n) is 5.08. The van der Waals surface area contributed by atoms with Gasteiger partial charge in [0, 0.05) is 19.1 Å². The molecule has 82 valence electrons. The fraction of sp³-hybridized carbons (Fsp3) is 1.00. The lowest BCUT2D eigenvalue weighted by Crippen LogP contribution is -2.50. The number of hydrogen-bond acceptors (Lipinski definition) is 2. The molecule has 5 heteroatoms. The second-order valence-electron chi connectivity index (χ2n) is 4.23. The maximum absolute atomic E-state index is 12.3. The normalized spacial score (nSPS) is 34.5. The monoisotopic (exact) mass is 208 g/mol. The molecular weight excluding hydrogens is 193 g/mol. The van der Waals surface area contributed by atoms with Crippen LogP contribution in [-0.2, 0) is 0 Å². The van der Waals surface area contributed by atoms with Crippen molar-refractivity contribution in [3.8, 4) is 0 Å². The Kier molecular flexibility index (Phi) is 2.70. The van der Waals surface area contributed by atoms with Gasteiger partial charge in [-0.1, -0.05) is 0 Å². The zero-order valence-electron chi connectivity index (χ0n) is 7.98. The van der Waals surface area contributed by atoms with E-state index in [1.165, 1.54) is 0 Å². The van der Waals surface area contributed by atoms with Crippen molar-refractivity contribution < 1.29 is 13.2 Å². The van der Waals surface area contributed by atoms with Gasteiger partial charge in [0.25, 0.3) is 0 Å². The van der Waals surface area contributed by atoms with Gasteiger partial charge in [0.1, 0.15) is 0 Å². The minimum Gasteiger partial charge on any atom is -0.313 e. The van der Waals surface area contributed by atoms with E-state index < -0.39 is 12.1 Å². The van der Waals surface area contributed by atoms with Gasteiger partial charge < -0.3 is 10.2 Å². The Balaban J connectivity index is 1.76. The molecule has 2 aliphatic rings. The highest BCUT2D eigenvalue weighted by Gasteiger charge is 2.43. The summed E-state index contributed by atoms with van der Waals surface area (Å²) in [7, 11) is 0. The van der Waals surface area contributed by atoms with E-state index >= 15 is 0 Å². The van der Waals surface area contributed by atoms with Crippen molar-refractivity contribution in [2.75, 3.05) is 26.2 Å². The molecule has 0 radical (unpaired) electrons. The molecule has 2 saturated heterocycles. The van der Waals surface area contributed by atoms with E-state index in [2.05, 4.69) is 5.32 Å². The van der Waals surface area contributed by atoms with Crippen molar-refractivity contribution >= 4 is 0 Å². The van der Waals surface area contributed by atoms with Crippen LogP contribution >= 0.6 is 0 Å². The molecule has 0 spiro atoms.